The number of hydrogen-bond donors (Lipinski definition) is 1. The van der Waals surface area contributed by atoms with Crippen LogP contribution in [0.5, 0.6) is 0 Å². The number of ether oxygens (including phenoxy) is 2. The molecule has 0 saturated carbocycles. The molecule has 0 bridgehead atoms. The molecule has 7 heteroatoms. The summed E-state index contributed by atoms with van der Waals surface area (Å²) in [6, 6.07) is 6.66. The lowest BCUT2D eigenvalue weighted by atomic mass is 10.0. The molecule has 6 nitrogen and oxygen atoms in total. The molecule has 1 atom stereocenters. The molecule has 1 amide bonds. The average molecular weight is 454 g/mol. The molecule has 0 spiro atoms. The van der Waals surface area contributed by atoms with Crippen LogP contribution in [-0.2, 0) is 16.0 Å². The number of nitrogens with one attached hydrogen (secondary N) is 1. The normalized spacial score (nSPS) is 21.4. The van der Waals surface area contributed by atoms with Crippen molar-refractivity contribution in [3.63, 3.8) is 0 Å². The Bertz CT molecular complexity index is 671. The van der Waals surface area contributed by atoms with Crippen LogP contribution in [-0.4, -0.2) is 62.0 Å². The van der Waals surface area contributed by atoms with Gasteiger partial charge in [0.15, 0.2) is 0 Å². The van der Waals surface area contributed by atoms with Crippen LogP contribution in [0.15, 0.2) is 22.7 Å². The van der Waals surface area contributed by atoms with Gasteiger partial charge in [0.2, 0.25) is 0 Å². The second kappa shape index (κ2) is 9.46. The predicted octanol–water partition coefficient (Wildman–Crippen LogP) is 3.77. The highest BCUT2D eigenvalue weighted by molar-refractivity contribution is 9.10. The fourth-order valence-corrected chi connectivity index (χ4v) is 4.15. The molecule has 2 heterocycles. The Balaban J connectivity index is 1.62. The van der Waals surface area contributed by atoms with Gasteiger partial charge in [-0.1, -0.05) is 22.0 Å². The maximum Gasteiger partial charge on any atom is 0.407 e. The van der Waals surface area contributed by atoms with E-state index in [0.29, 0.717) is 0 Å². The van der Waals surface area contributed by atoms with Gasteiger partial charge < -0.3 is 19.7 Å². The number of carbonyl (C=O) groups is 1. The number of anilines is 1. The van der Waals surface area contributed by atoms with Crippen LogP contribution in [0.25, 0.3) is 0 Å². The van der Waals surface area contributed by atoms with Crippen molar-refractivity contribution in [1.29, 1.82) is 0 Å². The highest BCUT2D eigenvalue weighted by atomic mass is 79.9. The monoisotopic (exact) mass is 453 g/mol. The third kappa shape index (κ3) is 6.36. The van der Waals surface area contributed by atoms with E-state index in [9.17, 15) is 4.79 Å². The molecule has 28 heavy (non-hydrogen) atoms. The zero-order valence-corrected chi connectivity index (χ0v) is 18.8. The first-order valence-corrected chi connectivity index (χ1v) is 10.9. The Morgan fingerprint density at radius 2 is 2.04 bits per heavy atom. The summed E-state index contributed by atoms with van der Waals surface area (Å²) in [6.07, 6.45) is 1.74. The summed E-state index contributed by atoms with van der Waals surface area (Å²) in [5.74, 6) is 0. The van der Waals surface area contributed by atoms with Gasteiger partial charge in [-0.2, -0.15) is 0 Å². The van der Waals surface area contributed by atoms with Crippen LogP contribution in [0.3, 0.4) is 0 Å². The molecule has 2 aliphatic rings. The molecule has 1 N–H and O–H groups in total. The number of carbonyl (C=O) groups excluding carboxylic acids is 1. The zero-order chi connectivity index (χ0) is 20.1. The van der Waals surface area contributed by atoms with Gasteiger partial charge in [0, 0.05) is 42.4 Å². The van der Waals surface area contributed by atoms with E-state index in [1.54, 1.807) is 0 Å². The van der Waals surface area contributed by atoms with Crippen molar-refractivity contribution >= 4 is 27.7 Å². The Morgan fingerprint density at radius 3 is 2.75 bits per heavy atom. The number of rotatable bonds is 4. The van der Waals surface area contributed by atoms with Gasteiger partial charge in [0.1, 0.15) is 5.60 Å². The number of piperidine rings is 1. The van der Waals surface area contributed by atoms with Crippen molar-refractivity contribution in [3.05, 3.63) is 28.2 Å². The van der Waals surface area contributed by atoms with Gasteiger partial charge in [-0.25, -0.2) is 4.79 Å². The third-order valence-corrected chi connectivity index (χ3v) is 5.51. The standard InChI is InChI=1S/C21H32BrN3O3/c1-21(2,3)28-20(26)23-18-5-4-8-24(15-18)14-16-6-7-17(22)13-19(16)25-9-11-27-12-10-25/h6-7,13,18H,4-5,8-12,14-15H2,1-3H3,(H,23,26). The molecule has 2 saturated heterocycles. The lowest BCUT2D eigenvalue weighted by molar-refractivity contribution is 0.0470. The van der Waals surface area contributed by atoms with E-state index in [-0.39, 0.29) is 12.1 Å². The van der Waals surface area contributed by atoms with Crippen LogP contribution >= 0.6 is 15.9 Å². The van der Waals surface area contributed by atoms with Crippen LogP contribution in [0.4, 0.5) is 10.5 Å². The Morgan fingerprint density at radius 1 is 1.29 bits per heavy atom. The molecule has 0 radical (unpaired) electrons. The zero-order valence-electron chi connectivity index (χ0n) is 17.2. The van der Waals surface area contributed by atoms with Gasteiger partial charge in [-0.15, -0.1) is 0 Å². The fourth-order valence-electron chi connectivity index (χ4n) is 3.80. The van der Waals surface area contributed by atoms with Crippen molar-refractivity contribution in [3.8, 4) is 0 Å². The predicted molar refractivity (Wildman–Crippen MR) is 115 cm³/mol. The first kappa shape index (κ1) is 21.4. The second-order valence-corrected chi connectivity index (χ2v) is 9.51. The largest absolute Gasteiger partial charge is 0.444 e. The summed E-state index contributed by atoms with van der Waals surface area (Å²) in [6.45, 7) is 11.8. The van der Waals surface area contributed by atoms with Gasteiger partial charge in [-0.05, 0) is 57.9 Å². The average Bonchev–Trinajstić information content (AvgIpc) is 2.62. The number of hydrogen-bond acceptors (Lipinski definition) is 5. The maximum atomic E-state index is 12.1. The van der Waals surface area contributed by atoms with Gasteiger partial charge in [0.05, 0.1) is 13.2 Å². The van der Waals surface area contributed by atoms with Crippen LogP contribution in [0.1, 0.15) is 39.2 Å². The van der Waals surface area contributed by atoms with E-state index in [4.69, 9.17) is 9.47 Å². The minimum Gasteiger partial charge on any atom is -0.444 e. The van der Waals surface area contributed by atoms with Crippen molar-refractivity contribution < 1.29 is 14.3 Å². The Hall–Kier alpha value is -1.31. The molecule has 2 fully saturated rings. The molecule has 3 rings (SSSR count). The topological polar surface area (TPSA) is 54.0 Å². The van der Waals surface area contributed by atoms with Crippen LogP contribution in [0.2, 0.25) is 0 Å². The van der Waals surface area contributed by atoms with Crippen LogP contribution < -0.4 is 10.2 Å². The van der Waals surface area contributed by atoms with Gasteiger partial charge >= 0.3 is 6.09 Å². The van der Waals surface area contributed by atoms with E-state index in [1.807, 2.05) is 20.8 Å². The van der Waals surface area contributed by atoms with E-state index in [0.717, 1.165) is 63.3 Å². The maximum absolute atomic E-state index is 12.1. The molecular formula is C21H32BrN3O3. The van der Waals surface area contributed by atoms with Crippen molar-refractivity contribution in [1.82, 2.24) is 10.2 Å². The first-order valence-electron chi connectivity index (χ1n) is 10.1. The number of morpholine rings is 1. The van der Waals surface area contributed by atoms with E-state index in [2.05, 4.69) is 49.2 Å². The smallest absolute Gasteiger partial charge is 0.407 e. The first-order chi connectivity index (χ1) is 13.3. The summed E-state index contributed by atoms with van der Waals surface area (Å²) in [7, 11) is 0. The summed E-state index contributed by atoms with van der Waals surface area (Å²) in [5.41, 5.74) is 2.13. The number of halogens is 1. The lowest BCUT2D eigenvalue weighted by Crippen LogP contribution is -2.48. The second-order valence-electron chi connectivity index (χ2n) is 8.59. The molecule has 1 aromatic rings. The Kier molecular flexibility index (Phi) is 7.23. The molecule has 1 unspecified atom stereocenters. The fraction of sp³-hybridized carbons (Fsp3) is 0.667. The molecule has 0 aliphatic carbocycles. The highest BCUT2D eigenvalue weighted by Gasteiger charge is 2.25. The van der Waals surface area contributed by atoms with Crippen molar-refractivity contribution in [2.24, 2.45) is 0 Å². The minimum atomic E-state index is -0.469. The number of nitrogens with zero attached hydrogens (tertiary/aromatic N) is 2. The summed E-state index contributed by atoms with van der Waals surface area (Å²) < 4.78 is 12.0. The number of amides is 1. The number of benzene rings is 1. The van der Waals surface area contributed by atoms with E-state index >= 15 is 0 Å². The molecular weight excluding hydrogens is 422 g/mol. The summed E-state index contributed by atoms with van der Waals surface area (Å²) in [4.78, 5) is 17.0. The molecule has 0 aromatic heterocycles. The Labute approximate surface area is 176 Å². The van der Waals surface area contributed by atoms with Gasteiger partial charge in [-0.3, -0.25) is 4.90 Å². The SMILES string of the molecule is CC(C)(C)OC(=O)NC1CCCN(Cc2ccc(Br)cc2N2CCOCC2)C1. The minimum absolute atomic E-state index is 0.130. The number of likely N-dealkylation sites (tertiary alicyclic amines) is 1. The van der Waals surface area contributed by atoms with Gasteiger partial charge in [0.25, 0.3) is 0 Å². The van der Waals surface area contributed by atoms with Crippen LogP contribution in [0, 0.1) is 0 Å². The highest BCUT2D eigenvalue weighted by Crippen LogP contribution is 2.28. The molecule has 2 aliphatic heterocycles. The number of alkyl carbamates (subject to hydrolysis) is 1. The quantitative estimate of drug-likeness (QED) is 0.751. The van der Waals surface area contributed by atoms with E-state index in [1.165, 1.54) is 11.3 Å². The molecule has 1 aromatic carbocycles. The lowest BCUT2D eigenvalue weighted by Gasteiger charge is -2.35. The molecule has 156 valence electrons. The van der Waals surface area contributed by atoms with Crippen molar-refractivity contribution in [2.75, 3.05) is 44.3 Å². The van der Waals surface area contributed by atoms with E-state index < -0.39 is 5.60 Å². The summed E-state index contributed by atoms with van der Waals surface area (Å²) >= 11 is 3.62. The summed E-state index contributed by atoms with van der Waals surface area (Å²) in [5, 5.41) is 3.04. The third-order valence-electron chi connectivity index (χ3n) is 5.02. The van der Waals surface area contributed by atoms with Crippen molar-refractivity contribution in [2.45, 2.75) is 51.8 Å².